The summed E-state index contributed by atoms with van der Waals surface area (Å²) in [6, 6.07) is 5.87. The lowest BCUT2D eigenvalue weighted by Gasteiger charge is -2.16. The number of amides is 1. The van der Waals surface area contributed by atoms with Crippen LogP contribution in [0.5, 0.6) is 0 Å². The molecule has 0 unspecified atom stereocenters. The topological polar surface area (TPSA) is 146 Å². The highest BCUT2D eigenvalue weighted by atomic mass is 32.2. The summed E-state index contributed by atoms with van der Waals surface area (Å²) in [6.07, 6.45) is 4.50. The molecule has 1 aromatic carbocycles. The van der Waals surface area contributed by atoms with Gasteiger partial charge in [0.1, 0.15) is 6.04 Å². The Balaban J connectivity index is 1.58. The van der Waals surface area contributed by atoms with Gasteiger partial charge in [0, 0.05) is 24.3 Å². The molecule has 5 N–H and O–H groups in total. The number of thioether (sulfide) groups is 1. The van der Waals surface area contributed by atoms with E-state index in [9.17, 15) is 14.7 Å². The molecular weight excluding hydrogens is 418 g/mol. The molecule has 10 nitrogen and oxygen atoms in total. The molecule has 0 radical (unpaired) electrons. The van der Waals surface area contributed by atoms with Crippen LogP contribution in [0.3, 0.4) is 0 Å². The lowest BCUT2D eigenvalue weighted by Crippen LogP contribution is -2.41. The first-order valence-electron chi connectivity index (χ1n) is 10.1. The average molecular weight is 446 g/mol. The fourth-order valence-electron chi connectivity index (χ4n) is 3.22. The zero-order valence-electron chi connectivity index (χ0n) is 17.4. The van der Waals surface area contributed by atoms with Crippen LogP contribution in [-0.4, -0.2) is 63.1 Å². The highest BCUT2D eigenvalue weighted by Gasteiger charge is 2.20. The summed E-state index contributed by atoms with van der Waals surface area (Å²) >= 11 is 1.54. The average Bonchev–Trinajstić information content (AvgIpc) is 3.30. The number of nitrogens with two attached hydrogens (primary N) is 1. The summed E-state index contributed by atoms with van der Waals surface area (Å²) in [5, 5.41) is 15.0. The van der Waals surface area contributed by atoms with Gasteiger partial charge in [-0.05, 0) is 55.5 Å². The summed E-state index contributed by atoms with van der Waals surface area (Å²) in [4.78, 5) is 38.7. The summed E-state index contributed by atoms with van der Waals surface area (Å²) in [7, 11) is 0. The smallest absolute Gasteiger partial charge is 0.326 e. The molecule has 0 bridgehead atoms. The SMILES string of the molecule is CSCC[C@H](NC(=O)c1ccc(NCc2nc(N)nc(N3CCCC3)n2)cc1)C(=O)O. The summed E-state index contributed by atoms with van der Waals surface area (Å²) in [5.74, 6) is 0.528. The second kappa shape index (κ2) is 10.8. The van der Waals surface area contributed by atoms with E-state index in [1.165, 1.54) is 11.8 Å². The van der Waals surface area contributed by atoms with Crippen molar-refractivity contribution in [3.05, 3.63) is 35.7 Å². The van der Waals surface area contributed by atoms with Crippen LogP contribution in [0.4, 0.5) is 17.6 Å². The quantitative estimate of drug-likeness (QED) is 0.425. The van der Waals surface area contributed by atoms with Crippen LogP contribution in [0.25, 0.3) is 0 Å². The molecule has 2 aromatic rings. The van der Waals surface area contributed by atoms with Crippen molar-refractivity contribution in [2.75, 3.05) is 41.0 Å². The van der Waals surface area contributed by atoms with Crippen LogP contribution in [0.15, 0.2) is 24.3 Å². The third-order valence-electron chi connectivity index (χ3n) is 4.89. The van der Waals surface area contributed by atoms with E-state index in [-0.39, 0.29) is 5.95 Å². The minimum Gasteiger partial charge on any atom is -0.480 e. The Bertz CT molecular complexity index is 904. The molecule has 1 aromatic heterocycles. The molecule has 166 valence electrons. The number of rotatable bonds is 10. The van der Waals surface area contributed by atoms with Gasteiger partial charge in [-0.15, -0.1) is 0 Å². The van der Waals surface area contributed by atoms with E-state index in [4.69, 9.17) is 5.73 Å². The Kier molecular flexibility index (Phi) is 7.88. The van der Waals surface area contributed by atoms with Crippen molar-refractivity contribution in [2.45, 2.75) is 31.8 Å². The van der Waals surface area contributed by atoms with Gasteiger partial charge in [-0.1, -0.05) is 0 Å². The summed E-state index contributed by atoms with van der Waals surface area (Å²) in [6.45, 7) is 2.19. The number of aromatic nitrogens is 3. The molecule has 1 aliphatic heterocycles. The molecule has 1 atom stereocenters. The second-order valence-electron chi connectivity index (χ2n) is 7.18. The largest absolute Gasteiger partial charge is 0.480 e. The number of anilines is 3. The number of hydrogen-bond donors (Lipinski definition) is 4. The van der Waals surface area contributed by atoms with Crippen molar-refractivity contribution < 1.29 is 14.7 Å². The van der Waals surface area contributed by atoms with Gasteiger partial charge in [-0.3, -0.25) is 4.79 Å². The Hall–Kier alpha value is -3.08. The Labute approximate surface area is 185 Å². The summed E-state index contributed by atoms with van der Waals surface area (Å²) < 4.78 is 0. The number of nitrogens with one attached hydrogen (secondary N) is 2. The third-order valence-corrected chi connectivity index (χ3v) is 5.53. The van der Waals surface area contributed by atoms with E-state index in [2.05, 4.69) is 30.5 Å². The zero-order valence-corrected chi connectivity index (χ0v) is 18.2. The van der Waals surface area contributed by atoms with Crippen molar-refractivity contribution in [3.63, 3.8) is 0 Å². The van der Waals surface area contributed by atoms with Gasteiger partial charge >= 0.3 is 5.97 Å². The Morgan fingerprint density at radius 2 is 1.90 bits per heavy atom. The molecule has 1 amide bonds. The molecule has 0 spiro atoms. The number of carboxylic acids is 1. The lowest BCUT2D eigenvalue weighted by atomic mass is 10.1. The highest BCUT2D eigenvalue weighted by Crippen LogP contribution is 2.17. The van der Waals surface area contributed by atoms with Gasteiger partial charge in [0.2, 0.25) is 11.9 Å². The number of nitrogens with zero attached hydrogens (tertiary/aromatic N) is 4. The third kappa shape index (κ3) is 6.45. The maximum absolute atomic E-state index is 12.4. The van der Waals surface area contributed by atoms with E-state index >= 15 is 0 Å². The lowest BCUT2D eigenvalue weighted by molar-refractivity contribution is -0.139. The maximum atomic E-state index is 12.4. The van der Waals surface area contributed by atoms with Crippen molar-refractivity contribution in [2.24, 2.45) is 0 Å². The fraction of sp³-hybridized carbons (Fsp3) is 0.450. The predicted octanol–water partition coefficient (Wildman–Crippen LogP) is 1.60. The molecule has 2 heterocycles. The van der Waals surface area contributed by atoms with Gasteiger partial charge in [0.25, 0.3) is 5.91 Å². The molecule has 0 aliphatic carbocycles. The first-order chi connectivity index (χ1) is 15.0. The standard InChI is InChI=1S/C20H27N7O3S/c1-31-11-8-15(18(29)30)23-17(28)13-4-6-14(7-5-13)22-12-16-24-19(21)26-20(25-16)27-9-2-3-10-27/h4-7,15,22H,2-3,8-12H2,1H3,(H,23,28)(H,29,30)(H2,21,24,25,26)/t15-/m0/s1. The van der Waals surface area contributed by atoms with Gasteiger partial charge in [0.15, 0.2) is 5.82 Å². The van der Waals surface area contributed by atoms with Crippen LogP contribution in [-0.2, 0) is 11.3 Å². The van der Waals surface area contributed by atoms with E-state index < -0.39 is 17.9 Å². The van der Waals surface area contributed by atoms with Crippen molar-refractivity contribution in [1.29, 1.82) is 0 Å². The van der Waals surface area contributed by atoms with Crippen molar-refractivity contribution >= 4 is 41.2 Å². The van der Waals surface area contributed by atoms with E-state index in [0.717, 1.165) is 31.6 Å². The van der Waals surface area contributed by atoms with Crippen molar-refractivity contribution in [1.82, 2.24) is 20.3 Å². The molecule has 31 heavy (non-hydrogen) atoms. The van der Waals surface area contributed by atoms with E-state index in [1.54, 1.807) is 24.3 Å². The van der Waals surface area contributed by atoms with Gasteiger partial charge in [0.05, 0.1) is 6.54 Å². The van der Waals surface area contributed by atoms with Crippen molar-refractivity contribution in [3.8, 4) is 0 Å². The number of carbonyl (C=O) groups is 2. The second-order valence-corrected chi connectivity index (χ2v) is 8.17. The number of benzene rings is 1. The highest BCUT2D eigenvalue weighted by molar-refractivity contribution is 7.98. The van der Waals surface area contributed by atoms with Crippen LogP contribution in [0, 0.1) is 0 Å². The minimum atomic E-state index is -1.04. The van der Waals surface area contributed by atoms with Gasteiger partial charge < -0.3 is 26.4 Å². The first kappa shape index (κ1) is 22.6. The molecule has 3 rings (SSSR count). The van der Waals surface area contributed by atoms with Gasteiger partial charge in [-0.2, -0.15) is 26.7 Å². The van der Waals surface area contributed by atoms with Crippen LogP contribution in [0.1, 0.15) is 35.4 Å². The molecular formula is C20H27N7O3S. The molecule has 1 saturated heterocycles. The Morgan fingerprint density at radius 3 is 2.55 bits per heavy atom. The van der Waals surface area contributed by atoms with Crippen LogP contribution >= 0.6 is 11.8 Å². The molecule has 1 fully saturated rings. The normalized spacial score (nSPS) is 14.3. The summed E-state index contributed by atoms with van der Waals surface area (Å²) in [5.41, 5.74) is 7.00. The fourth-order valence-corrected chi connectivity index (χ4v) is 3.69. The van der Waals surface area contributed by atoms with E-state index in [1.807, 2.05) is 6.26 Å². The van der Waals surface area contributed by atoms with E-state index in [0.29, 0.717) is 36.1 Å². The minimum absolute atomic E-state index is 0.190. The molecule has 0 saturated carbocycles. The number of nitrogen functional groups attached to an aromatic ring is 1. The molecule has 11 heteroatoms. The monoisotopic (exact) mass is 445 g/mol. The maximum Gasteiger partial charge on any atom is 0.326 e. The predicted molar refractivity (Wildman–Crippen MR) is 121 cm³/mol. The number of hydrogen-bond acceptors (Lipinski definition) is 9. The number of carboxylic acid groups (broad SMARTS) is 1. The van der Waals surface area contributed by atoms with Crippen LogP contribution in [0.2, 0.25) is 0 Å². The van der Waals surface area contributed by atoms with Crippen LogP contribution < -0.4 is 21.3 Å². The first-order valence-corrected chi connectivity index (χ1v) is 11.5. The zero-order chi connectivity index (χ0) is 22.2. The number of aliphatic carboxylic acids is 1. The number of carbonyl (C=O) groups excluding carboxylic acids is 1. The van der Waals surface area contributed by atoms with Gasteiger partial charge in [-0.25, -0.2) is 4.79 Å². The molecule has 1 aliphatic rings. The Morgan fingerprint density at radius 1 is 1.19 bits per heavy atom.